The van der Waals surface area contributed by atoms with Crippen molar-refractivity contribution in [2.24, 2.45) is 5.73 Å². The average Bonchev–Trinajstić information content (AvgIpc) is 2.59. The van der Waals surface area contributed by atoms with E-state index in [1.165, 1.54) is 5.56 Å². The molecule has 4 nitrogen and oxygen atoms in total. The summed E-state index contributed by atoms with van der Waals surface area (Å²) in [6, 6.07) is 5.83. The van der Waals surface area contributed by atoms with Crippen LogP contribution in [0, 0.1) is 20.8 Å². The van der Waals surface area contributed by atoms with Crippen LogP contribution in [0.4, 0.5) is 0 Å². The molecule has 2 aromatic rings. The van der Waals surface area contributed by atoms with Crippen molar-refractivity contribution < 1.29 is 0 Å². The lowest BCUT2D eigenvalue weighted by Gasteiger charge is -2.22. The van der Waals surface area contributed by atoms with Crippen LogP contribution in [0.25, 0.3) is 0 Å². The summed E-state index contributed by atoms with van der Waals surface area (Å²) in [5.41, 5.74) is 10.5. The summed E-state index contributed by atoms with van der Waals surface area (Å²) in [6.07, 6.45) is 1.79. The van der Waals surface area contributed by atoms with Gasteiger partial charge in [-0.25, -0.2) is 0 Å². The van der Waals surface area contributed by atoms with Gasteiger partial charge < -0.3 is 5.73 Å². The second kappa shape index (κ2) is 4.90. The molecule has 0 saturated carbocycles. The lowest BCUT2D eigenvalue weighted by Crippen LogP contribution is -2.32. The number of hydrogen-bond donors (Lipinski definition) is 1. The number of pyridine rings is 1. The predicted molar refractivity (Wildman–Crippen MR) is 72.5 cm³/mol. The SMILES string of the molecule is Cc1nn(C(c2ccccn2)C(C)N)c(C)c1C. The molecule has 0 spiro atoms. The molecule has 2 aromatic heterocycles. The summed E-state index contributed by atoms with van der Waals surface area (Å²) in [5.74, 6) is 0. The molecule has 2 atom stereocenters. The predicted octanol–water partition coefficient (Wildman–Crippen LogP) is 2.14. The maximum Gasteiger partial charge on any atom is 0.109 e. The number of aryl methyl sites for hydroxylation is 1. The van der Waals surface area contributed by atoms with Crippen molar-refractivity contribution in [3.63, 3.8) is 0 Å². The number of rotatable bonds is 3. The zero-order valence-electron chi connectivity index (χ0n) is 11.4. The van der Waals surface area contributed by atoms with E-state index in [1.54, 1.807) is 6.20 Å². The molecule has 18 heavy (non-hydrogen) atoms. The van der Waals surface area contributed by atoms with Crippen molar-refractivity contribution in [1.29, 1.82) is 0 Å². The highest BCUT2D eigenvalue weighted by molar-refractivity contribution is 5.25. The zero-order chi connectivity index (χ0) is 13.3. The molecule has 0 aromatic carbocycles. The van der Waals surface area contributed by atoms with Gasteiger partial charge in [0.25, 0.3) is 0 Å². The minimum absolute atomic E-state index is 0.0152. The van der Waals surface area contributed by atoms with E-state index in [0.717, 1.165) is 17.1 Å². The Morgan fingerprint density at radius 3 is 2.39 bits per heavy atom. The summed E-state index contributed by atoms with van der Waals surface area (Å²) >= 11 is 0. The van der Waals surface area contributed by atoms with Gasteiger partial charge in [0.05, 0.1) is 11.4 Å². The topological polar surface area (TPSA) is 56.7 Å². The van der Waals surface area contributed by atoms with E-state index >= 15 is 0 Å². The first-order valence-electron chi connectivity index (χ1n) is 6.21. The maximum absolute atomic E-state index is 6.13. The highest BCUT2D eigenvalue weighted by atomic mass is 15.3. The first-order valence-corrected chi connectivity index (χ1v) is 6.21. The van der Waals surface area contributed by atoms with E-state index in [0.29, 0.717) is 0 Å². The summed E-state index contributed by atoms with van der Waals surface area (Å²) in [6.45, 7) is 8.18. The van der Waals surface area contributed by atoms with Gasteiger partial charge in [0.1, 0.15) is 6.04 Å². The first-order chi connectivity index (χ1) is 8.52. The van der Waals surface area contributed by atoms with Crippen LogP contribution in [0.5, 0.6) is 0 Å². The quantitative estimate of drug-likeness (QED) is 0.900. The smallest absolute Gasteiger partial charge is 0.109 e. The van der Waals surface area contributed by atoms with Crippen LogP contribution in [-0.4, -0.2) is 20.8 Å². The Labute approximate surface area is 108 Å². The number of hydrogen-bond acceptors (Lipinski definition) is 3. The Bertz CT molecular complexity index is 528. The molecule has 0 saturated heterocycles. The fourth-order valence-corrected chi connectivity index (χ4v) is 2.18. The van der Waals surface area contributed by atoms with Crippen molar-refractivity contribution in [3.8, 4) is 0 Å². The standard InChI is InChI=1S/C14H20N4/c1-9-11(3)17-18(12(9)4)14(10(2)15)13-7-5-6-8-16-13/h5-8,10,14H,15H2,1-4H3. The normalized spacial score (nSPS) is 14.5. The van der Waals surface area contributed by atoms with Crippen LogP contribution >= 0.6 is 0 Å². The first kappa shape index (κ1) is 12.8. The monoisotopic (exact) mass is 244 g/mol. The summed E-state index contributed by atoms with van der Waals surface area (Å²) in [4.78, 5) is 4.42. The summed E-state index contributed by atoms with van der Waals surface area (Å²) in [7, 11) is 0. The molecule has 0 aliphatic carbocycles. The van der Waals surface area contributed by atoms with Gasteiger partial charge in [-0.1, -0.05) is 6.07 Å². The molecular formula is C14H20N4. The van der Waals surface area contributed by atoms with E-state index in [4.69, 9.17) is 5.73 Å². The molecule has 0 amide bonds. The highest BCUT2D eigenvalue weighted by Crippen LogP contribution is 2.23. The molecule has 2 heterocycles. The largest absolute Gasteiger partial charge is 0.326 e. The third-order valence-electron chi connectivity index (χ3n) is 3.44. The van der Waals surface area contributed by atoms with E-state index in [9.17, 15) is 0 Å². The minimum Gasteiger partial charge on any atom is -0.326 e. The van der Waals surface area contributed by atoms with Gasteiger partial charge in [0, 0.05) is 17.9 Å². The molecule has 0 radical (unpaired) electrons. The molecule has 2 N–H and O–H groups in total. The van der Waals surface area contributed by atoms with E-state index in [1.807, 2.05) is 36.7 Å². The van der Waals surface area contributed by atoms with Gasteiger partial charge >= 0.3 is 0 Å². The maximum atomic E-state index is 6.13. The number of aromatic nitrogens is 3. The number of nitrogens with zero attached hydrogens (tertiary/aromatic N) is 3. The second-order valence-electron chi connectivity index (χ2n) is 4.80. The molecule has 0 aliphatic rings. The molecule has 2 rings (SSSR count). The number of nitrogens with two attached hydrogens (primary N) is 1. The van der Waals surface area contributed by atoms with Gasteiger partial charge in [0.2, 0.25) is 0 Å². The Morgan fingerprint density at radius 2 is 1.94 bits per heavy atom. The van der Waals surface area contributed by atoms with Gasteiger partial charge in [-0.05, 0) is 45.4 Å². The zero-order valence-corrected chi connectivity index (χ0v) is 11.4. The van der Waals surface area contributed by atoms with Crippen molar-refractivity contribution >= 4 is 0 Å². The Morgan fingerprint density at radius 1 is 1.22 bits per heavy atom. The van der Waals surface area contributed by atoms with Crippen LogP contribution in [-0.2, 0) is 0 Å². The van der Waals surface area contributed by atoms with Crippen LogP contribution in [0.3, 0.4) is 0 Å². The Hall–Kier alpha value is -1.68. The van der Waals surface area contributed by atoms with Crippen molar-refractivity contribution in [3.05, 3.63) is 47.0 Å². The second-order valence-corrected chi connectivity index (χ2v) is 4.80. The Kier molecular flexibility index (Phi) is 3.48. The third kappa shape index (κ3) is 2.16. The Balaban J connectivity index is 2.52. The van der Waals surface area contributed by atoms with Crippen molar-refractivity contribution in [2.45, 2.75) is 39.8 Å². The highest BCUT2D eigenvalue weighted by Gasteiger charge is 2.23. The van der Waals surface area contributed by atoms with Gasteiger partial charge in [0.15, 0.2) is 0 Å². The van der Waals surface area contributed by atoms with Crippen LogP contribution in [0.2, 0.25) is 0 Å². The van der Waals surface area contributed by atoms with Crippen molar-refractivity contribution in [2.75, 3.05) is 0 Å². The molecule has 4 heteroatoms. The molecule has 0 aliphatic heterocycles. The fourth-order valence-electron chi connectivity index (χ4n) is 2.18. The summed E-state index contributed by atoms with van der Waals surface area (Å²) < 4.78 is 2.00. The third-order valence-corrected chi connectivity index (χ3v) is 3.44. The van der Waals surface area contributed by atoms with Crippen LogP contribution in [0.1, 0.15) is 35.6 Å². The lowest BCUT2D eigenvalue weighted by atomic mass is 10.1. The lowest BCUT2D eigenvalue weighted by molar-refractivity contribution is 0.434. The van der Waals surface area contributed by atoms with Gasteiger partial charge in [-0.15, -0.1) is 0 Å². The fraction of sp³-hybridized carbons (Fsp3) is 0.429. The van der Waals surface area contributed by atoms with Crippen LogP contribution < -0.4 is 5.73 Å². The molecular weight excluding hydrogens is 224 g/mol. The molecule has 0 fully saturated rings. The molecule has 0 bridgehead atoms. The average molecular weight is 244 g/mol. The summed E-state index contributed by atoms with van der Waals surface area (Å²) in [5, 5.41) is 4.60. The minimum atomic E-state index is -0.0442. The van der Waals surface area contributed by atoms with E-state index < -0.39 is 0 Å². The van der Waals surface area contributed by atoms with Crippen molar-refractivity contribution in [1.82, 2.24) is 14.8 Å². The molecule has 2 unspecified atom stereocenters. The van der Waals surface area contributed by atoms with Gasteiger partial charge in [-0.3, -0.25) is 9.67 Å². The van der Waals surface area contributed by atoms with Crippen LogP contribution in [0.15, 0.2) is 24.4 Å². The van der Waals surface area contributed by atoms with E-state index in [2.05, 4.69) is 23.9 Å². The van der Waals surface area contributed by atoms with Gasteiger partial charge in [-0.2, -0.15) is 5.10 Å². The van der Waals surface area contributed by atoms with E-state index in [-0.39, 0.29) is 12.1 Å². The molecule has 96 valence electrons.